The number of halogens is 2. The molecule has 1 fully saturated rings. The smallest absolute Gasteiger partial charge is 0.253 e. The van der Waals surface area contributed by atoms with E-state index in [1.807, 2.05) is 17.9 Å². The van der Waals surface area contributed by atoms with Crippen LogP contribution in [-0.2, 0) is 5.41 Å². The summed E-state index contributed by atoms with van der Waals surface area (Å²) in [4.78, 5) is 15.4. The van der Waals surface area contributed by atoms with Gasteiger partial charge in [-0.25, -0.2) is 8.78 Å². The van der Waals surface area contributed by atoms with Gasteiger partial charge in [0.2, 0.25) is 0 Å². The molecule has 2 heterocycles. The summed E-state index contributed by atoms with van der Waals surface area (Å²) in [5.74, 6) is -1.24. The minimum atomic E-state index is -0.659. The summed E-state index contributed by atoms with van der Waals surface area (Å²) in [7, 11) is 0. The quantitative estimate of drug-likeness (QED) is 0.427. The van der Waals surface area contributed by atoms with Crippen LogP contribution in [0.1, 0.15) is 61.1 Å². The van der Waals surface area contributed by atoms with Crippen LogP contribution in [0.5, 0.6) is 0 Å². The number of fused-ring (bicyclic) bond motifs is 6. The fraction of sp³-hybridized carbons (Fsp3) is 0.370. The van der Waals surface area contributed by atoms with Gasteiger partial charge in [0.25, 0.3) is 5.91 Å². The second kappa shape index (κ2) is 7.88. The third-order valence-corrected chi connectivity index (χ3v) is 8.54. The van der Waals surface area contributed by atoms with Gasteiger partial charge < -0.3 is 4.90 Å². The van der Waals surface area contributed by atoms with Crippen LogP contribution in [0.2, 0.25) is 0 Å². The number of nitrogens with one attached hydrogen (secondary N) is 1. The lowest BCUT2D eigenvalue weighted by Crippen LogP contribution is -2.48. The number of amides is 1. The number of aromatic nitrogens is 5. The lowest BCUT2D eigenvalue weighted by molar-refractivity contribution is 0.0652. The highest BCUT2D eigenvalue weighted by Gasteiger charge is 2.64. The number of likely N-dealkylation sites (N-methyl/N-ethyl adjacent to an activating group) is 1. The zero-order valence-corrected chi connectivity index (χ0v) is 20.3. The largest absolute Gasteiger partial charge is 0.338 e. The van der Waals surface area contributed by atoms with E-state index in [4.69, 9.17) is 0 Å². The Morgan fingerprint density at radius 3 is 2.64 bits per heavy atom. The first-order valence-corrected chi connectivity index (χ1v) is 12.2. The second-order valence-electron chi connectivity index (χ2n) is 10.4. The van der Waals surface area contributed by atoms with Crippen molar-refractivity contribution >= 4 is 16.9 Å². The van der Waals surface area contributed by atoms with E-state index >= 15 is 0 Å². The van der Waals surface area contributed by atoms with Crippen LogP contribution in [0.3, 0.4) is 0 Å². The summed E-state index contributed by atoms with van der Waals surface area (Å²) in [6.45, 7) is 7.39. The Labute approximate surface area is 206 Å². The van der Waals surface area contributed by atoms with E-state index in [0.29, 0.717) is 24.2 Å². The van der Waals surface area contributed by atoms with E-state index in [1.165, 1.54) is 18.2 Å². The number of carbonyl (C=O) groups is 1. The molecule has 9 heteroatoms. The van der Waals surface area contributed by atoms with Crippen molar-refractivity contribution in [3.8, 4) is 11.3 Å². The van der Waals surface area contributed by atoms with E-state index in [2.05, 4.69) is 39.5 Å². The molecular formula is C27H26F2N6O. The molecule has 6 rings (SSSR count). The molecule has 2 aromatic heterocycles. The van der Waals surface area contributed by atoms with Crippen molar-refractivity contribution in [2.45, 2.75) is 44.9 Å². The number of aromatic amines is 1. The Bertz CT molecular complexity index is 1500. The number of hydrogen-bond donors (Lipinski definition) is 1. The van der Waals surface area contributed by atoms with Crippen LogP contribution in [0.25, 0.3) is 22.3 Å². The highest BCUT2D eigenvalue weighted by atomic mass is 19.1. The van der Waals surface area contributed by atoms with Gasteiger partial charge in [0.05, 0.1) is 22.5 Å². The molecule has 2 bridgehead atoms. The van der Waals surface area contributed by atoms with Gasteiger partial charge in [-0.05, 0) is 73.1 Å². The van der Waals surface area contributed by atoms with Gasteiger partial charge >= 0.3 is 0 Å². The molecule has 0 radical (unpaired) electrons. The lowest BCUT2D eigenvalue weighted by atomic mass is 9.68. The summed E-state index contributed by atoms with van der Waals surface area (Å²) in [5, 5.41) is 19.5. The summed E-state index contributed by atoms with van der Waals surface area (Å²) in [6.07, 6.45) is 1.79. The molecular weight excluding hydrogens is 462 g/mol. The van der Waals surface area contributed by atoms with Crippen molar-refractivity contribution < 1.29 is 13.6 Å². The lowest BCUT2D eigenvalue weighted by Gasteiger charge is -2.41. The van der Waals surface area contributed by atoms with Crippen molar-refractivity contribution in [1.29, 1.82) is 0 Å². The van der Waals surface area contributed by atoms with Gasteiger partial charge in [-0.15, -0.1) is 5.10 Å². The summed E-state index contributed by atoms with van der Waals surface area (Å²) < 4.78 is 29.0. The molecule has 1 N–H and O–H groups in total. The fourth-order valence-electron chi connectivity index (χ4n) is 6.45. The van der Waals surface area contributed by atoms with Gasteiger partial charge in [0.15, 0.2) is 0 Å². The summed E-state index contributed by atoms with van der Waals surface area (Å²) in [6, 6.07) is 10.9. The second-order valence-corrected chi connectivity index (χ2v) is 10.4. The highest BCUT2D eigenvalue weighted by molar-refractivity contribution is 5.97. The van der Waals surface area contributed by atoms with Crippen molar-refractivity contribution in [2.75, 3.05) is 13.1 Å². The number of rotatable bonds is 5. The van der Waals surface area contributed by atoms with Crippen LogP contribution in [-0.4, -0.2) is 49.5 Å². The van der Waals surface area contributed by atoms with Crippen molar-refractivity contribution in [1.82, 2.24) is 30.5 Å². The Morgan fingerprint density at radius 1 is 1.11 bits per heavy atom. The Kier molecular flexibility index (Phi) is 4.97. The maximum Gasteiger partial charge on any atom is 0.253 e. The SMILES string of the molecule is CCN(C[C@@]12CC[C@@H](c3cc(-c4c(F)cccc4F)nnc31)C2(C)C)C(=O)c1ccc2[nH]nnc2c1. The van der Waals surface area contributed by atoms with E-state index in [9.17, 15) is 13.6 Å². The Balaban J connectivity index is 1.39. The number of benzene rings is 2. The first kappa shape index (κ1) is 22.7. The van der Waals surface area contributed by atoms with Gasteiger partial charge in [0, 0.05) is 24.1 Å². The molecule has 0 aliphatic heterocycles. The van der Waals surface area contributed by atoms with E-state index in [-0.39, 0.29) is 28.5 Å². The topological polar surface area (TPSA) is 87.7 Å². The van der Waals surface area contributed by atoms with Gasteiger partial charge in [0.1, 0.15) is 17.2 Å². The first-order valence-electron chi connectivity index (χ1n) is 12.2. The number of hydrogen-bond acceptors (Lipinski definition) is 5. The molecule has 2 atom stereocenters. The van der Waals surface area contributed by atoms with E-state index < -0.39 is 17.0 Å². The monoisotopic (exact) mass is 488 g/mol. The minimum absolute atomic E-state index is 0.0810. The molecule has 184 valence electrons. The van der Waals surface area contributed by atoms with Gasteiger partial charge in [-0.3, -0.25) is 9.89 Å². The predicted octanol–water partition coefficient (Wildman–Crippen LogP) is 5.01. The van der Waals surface area contributed by atoms with Crippen LogP contribution in [0.4, 0.5) is 8.78 Å². The first-order chi connectivity index (χ1) is 17.3. The van der Waals surface area contributed by atoms with E-state index in [1.54, 1.807) is 18.2 Å². The molecule has 0 spiro atoms. The minimum Gasteiger partial charge on any atom is -0.338 e. The molecule has 2 aliphatic rings. The predicted molar refractivity (Wildman–Crippen MR) is 130 cm³/mol. The molecule has 4 aromatic rings. The van der Waals surface area contributed by atoms with Crippen LogP contribution < -0.4 is 0 Å². The Hall–Kier alpha value is -3.75. The van der Waals surface area contributed by atoms with Crippen LogP contribution >= 0.6 is 0 Å². The van der Waals surface area contributed by atoms with E-state index in [0.717, 1.165) is 29.6 Å². The van der Waals surface area contributed by atoms with Gasteiger partial charge in [-0.2, -0.15) is 10.2 Å². The van der Waals surface area contributed by atoms with Crippen molar-refractivity contribution in [3.63, 3.8) is 0 Å². The molecule has 2 aromatic carbocycles. The van der Waals surface area contributed by atoms with Crippen LogP contribution in [0, 0.1) is 17.0 Å². The third kappa shape index (κ3) is 3.04. The molecule has 0 unspecified atom stereocenters. The number of H-pyrrole nitrogens is 1. The maximum absolute atomic E-state index is 14.5. The number of nitrogens with zero attached hydrogens (tertiary/aromatic N) is 5. The molecule has 36 heavy (non-hydrogen) atoms. The Morgan fingerprint density at radius 2 is 1.89 bits per heavy atom. The maximum atomic E-state index is 14.5. The zero-order valence-electron chi connectivity index (χ0n) is 20.3. The summed E-state index contributed by atoms with van der Waals surface area (Å²) >= 11 is 0. The molecule has 7 nitrogen and oxygen atoms in total. The standard InChI is InChI=1S/C27H26F2N6O/c1-4-35(25(36)15-8-9-20-21(12-15)32-34-31-20)14-27-11-10-17(26(27,2)3)16-13-22(30-33-24(16)27)23-18(28)6-5-7-19(23)29/h5-9,12-13,17H,4,10-11,14H2,1-3H3,(H,31,32,34)/t17-,27-/m0/s1. The molecule has 0 saturated heterocycles. The average Bonchev–Trinajstić information content (AvgIpc) is 3.48. The highest BCUT2D eigenvalue weighted by Crippen LogP contribution is 2.67. The third-order valence-electron chi connectivity index (χ3n) is 8.54. The fourth-order valence-corrected chi connectivity index (χ4v) is 6.45. The molecule has 1 saturated carbocycles. The zero-order chi connectivity index (χ0) is 25.2. The number of carbonyl (C=O) groups excluding carboxylic acids is 1. The molecule has 1 amide bonds. The van der Waals surface area contributed by atoms with Crippen molar-refractivity contribution in [2.24, 2.45) is 5.41 Å². The average molecular weight is 489 g/mol. The van der Waals surface area contributed by atoms with Crippen molar-refractivity contribution in [3.05, 3.63) is 70.9 Å². The van der Waals surface area contributed by atoms with Crippen LogP contribution in [0.15, 0.2) is 42.5 Å². The normalized spacial score (nSPS) is 21.6. The van der Waals surface area contributed by atoms with Gasteiger partial charge in [-0.1, -0.05) is 25.1 Å². The summed E-state index contributed by atoms with van der Waals surface area (Å²) in [5.41, 5.74) is 3.21. The molecule has 2 aliphatic carbocycles.